The summed E-state index contributed by atoms with van der Waals surface area (Å²) in [5.74, 6) is -5.07. The van der Waals surface area contributed by atoms with E-state index in [9.17, 15) is 23.2 Å². The molecule has 11 heteroatoms. The lowest BCUT2D eigenvalue weighted by atomic mass is 9.84. The number of amidine groups is 1. The number of carbonyl (C=O) groups excluding carboxylic acids is 1. The Bertz CT molecular complexity index is 1120. The number of aliphatic hydroxyl groups is 1. The maximum absolute atomic E-state index is 15.6. The van der Waals surface area contributed by atoms with Crippen LogP contribution in [0.25, 0.3) is 0 Å². The van der Waals surface area contributed by atoms with E-state index >= 15 is 4.48 Å². The van der Waals surface area contributed by atoms with Crippen LogP contribution in [0.2, 0.25) is 0 Å². The zero-order chi connectivity index (χ0) is 25.8. The van der Waals surface area contributed by atoms with Crippen LogP contribution >= 0.6 is 7.52 Å². The van der Waals surface area contributed by atoms with Crippen molar-refractivity contribution in [1.29, 1.82) is 0 Å². The molecule has 0 bridgehead atoms. The van der Waals surface area contributed by atoms with E-state index in [2.05, 4.69) is 4.76 Å². The Kier molecular flexibility index (Phi) is 6.74. The lowest BCUT2D eigenvalue weighted by molar-refractivity contribution is -0.128. The molecule has 1 aromatic rings. The number of amides is 1. The van der Waals surface area contributed by atoms with Crippen molar-refractivity contribution in [3.8, 4) is 0 Å². The smallest absolute Gasteiger partial charge is 0.348 e. The maximum Gasteiger partial charge on any atom is 0.348 e. The predicted molar refractivity (Wildman–Crippen MR) is 125 cm³/mol. The second kappa shape index (κ2) is 8.72. The number of hydrogen-bond donors (Lipinski definition) is 1. The Morgan fingerprint density at radius 2 is 1.79 bits per heavy atom. The van der Waals surface area contributed by atoms with Crippen LogP contribution in [0.4, 0.5) is 18.9 Å². The van der Waals surface area contributed by atoms with Gasteiger partial charge in [0.05, 0.1) is 18.0 Å². The molecule has 0 saturated heterocycles. The number of fused-ring (bicyclic) bond motifs is 1. The summed E-state index contributed by atoms with van der Waals surface area (Å²) >= 11 is 0. The molecule has 0 radical (unpaired) electrons. The Labute approximate surface area is 197 Å². The molecule has 0 fully saturated rings. The van der Waals surface area contributed by atoms with Crippen LogP contribution < -0.4 is 10.4 Å². The van der Waals surface area contributed by atoms with Gasteiger partial charge in [0.2, 0.25) is 0 Å². The minimum Gasteiger partial charge on any atom is -0.509 e. The van der Waals surface area contributed by atoms with Gasteiger partial charge in [-0.2, -0.15) is 9.88 Å². The van der Waals surface area contributed by atoms with Gasteiger partial charge in [-0.25, -0.2) is 8.78 Å². The molecule has 2 atom stereocenters. The van der Waals surface area contributed by atoms with E-state index in [1.54, 1.807) is 20.8 Å². The fraction of sp³-hybridized carbons (Fsp3) is 0.565. The van der Waals surface area contributed by atoms with E-state index in [-0.39, 0.29) is 23.7 Å². The van der Waals surface area contributed by atoms with Crippen molar-refractivity contribution in [1.82, 2.24) is 4.90 Å². The normalized spacial score (nSPS) is 23.5. The average Bonchev–Trinajstić information content (AvgIpc) is 2.95. The minimum atomic E-state index is -4.29. The molecule has 34 heavy (non-hydrogen) atoms. The largest absolute Gasteiger partial charge is 0.509 e. The zero-order valence-electron chi connectivity index (χ0n) is 20.4. The van der Waals surface area contributed by atoms with Crippen molar-refractivity contribution in [2.24, 2.45) is 15.6 Å². The van der Waals surface area contributed by atoms with Crippen molar-refractivity contribution in [2.75, 3.05) is 18.3 Å². The summed E-state index contributed by atoms with van der Waals surface area (Å²) < 4.78 is 67.0. The number of carbonyl (C=O) groups is 1. The van der Waals surface area contributed by atoms with Crippen molar-refractivity contribution in [3.63, 3.8) is 0 Å². The SMILES string of the molecule is CCOP1(=O)N=C(C2=C(O)C(C(C)(C)C)N(CCC(C)(C)C)C2=O)N(F)c2c1ccc(F)c2F. The maximum atomic E-state index is 15.6. The van der Waals surface area contributed by atoms with Gasteiger partial charge in [-0.1, -0.05) is 46.0 Å². The minimum absolute atomic E-state index is 0.125. The first kappa shape index (κ1) is 26.3. The first-order valence-electron chi connectivity index (χ1n) is 11.1. The van der Waals surface area contributed by atoms with Gasteiger partial charge in [-0.05, 0) is 36.3 Å². The Morgan fingerprint density at radius 3 is 2.32 bits per heavy atom. The summed E-state index contributed by atoms with van der Waals surface area (Å²) in [4.78, 5) is 14.9. The molecular weight excluding hydrogens is 470 g/mol. The topological polar surface area (TPSA) is 82.4 Å². The molecule has 1 amide bonds. The van der Waals surface area contributed by atoms with E-state index in [1.165, 1.54) is 11.8 Å². The fourth-order valence-electron chi connectivity index (χ4n) is 4.12. The molecular formula is C23H31F3N3O4P. The number of hydrogen-bond acceptors (Lipinski definition) is 5. The first-order valence-corrected chi connectivity index (χ1v) is 12.6. The van der Waals surface area contributed by atoms with Crippen LogP contribution in [0.5, 0.6) is 0 Å². The van der Waals surface area contributed by atoms with E-state index < -0.39 is 64.7 Å². The van der Waals surface area contributed by atoms with Gasteiger partial charge in [-0.3, -0.25) is 9.36 Å². The van der Waals surface area contributed by atoms with Crippen LogP contribution in [0, 0.1) is 22.5 Å². The Balaban J connectivity index is 2.21. The third kappa shape index (κ3) is 4.50. The molecule has 2 aliphatic heterocycles. The summed E-state index contributed by atoms with van der Waals surface area (Å²) in [5.41, 5.74) is -2.34. The summed E-state index contributed by atoms with van der Waals surface area (Å²) in [6.07, 6.45) is 0.581. The van der Waals surface area contributed by atoms with Gasteiger partial charge in [0, 0.05) is 6.54 Å². The monoisotopic (exact) mass is 501 g/mol. The molecule has 1 aromatic carbocycles. The molecule has 2 heterocycles. The van der Waals surface area contributed by atoms with Crippen LogP contribution in [-0.2, 0) is 13.9 Å². The molecule has 0 spiro atoms. The number of aliphatic hydroxyl groups excluding tert-OH is 1. The molecule has 0 saturated carbocycles. The van der Waals surface area contributed by atoms with Crippen molar-refractivity contribution in [2.45, 2.75) is 60.9 Å². The van der Waals surface area contributed by atoms with Crippen LogP contribution in [0.1, 0.15) is 54.9 Å². The van der Waals surface area contributed by atoms with E-state index in [4.69, 9.17) is 4.52 Å². The molecule has 2 unspecified atom stereocenters. The molecule has 0 aliphatic carbocycles. The molecule has 0 aromatic heterocycles. The van der Waals surface area contributed by atoms with Crippen LogP contribution in [0.3, 0.4) is 0 Å². The molecule has 1 N–H and O–H groups in total. The van der Waals surface area contributed by atoms with Crippen LogP contribution in [0.15, 0.2) is 28.2 Å². The number of rotatable bonds is 5. The predicted octanol–water partition coefficient (Wildman–Crippen LogP) is 5.43. The van der Waals surface area contributed by atoms with Crippen LogP contribution in [-0.4, -0.2) is 40.9 Å². The Morgan fingerprint density at radius 1 is 1.18 bits per heavy atom. The highest BCUT2D eigenvalue weighted by Gasteiger charge is 2.51. The number of nitrogens with zero attached hydrogens (tertiary/aromatic N) is 3. The van der Waals surface area contributed by atoms with E-state index in [0.29, 0.717) is 12.5 Å². The number of anilines is 1. The standard InChI is InChI=1S/C23H31F3N3O4P/c1-8-33-34(32)14-10-9-13(24)16(25)17(14)29(26)20(27-34)15-18(30)19(23(5,6)7)28(21(15)31)12-11-22(2,3)4/h9-10,19,30H,8,11-12H2,1-7H3. The van der Waals surface area contributed by atoms with Gasteiger partial charge >= 0.3 is 7.52 Å². The molecule has 188 valence electrons. The third-order valence-corrected chi connectivity index (χ3v) is 7.74. The van der Waals surface area contributed by atoms with Gasteiger partial charge < -0.3 is 14.5 Å². The summed E-state index contributed by atoms with van der Waals surface area (Å²) in [6, 6.07) is 0.809. The summed E-state index contributed by atoms with van der Waals surface area (Å²) in [6.45, 7) is 13.0. The van der Waals surface area contributed by atoms with E-state index in [0.717, 1.165) is 6.07 Å². The third-order valence-electron chi connectivity index (χ3n) is 5.71. The number of halogens is 3. The fourth-order valence-corrected chi connectivity index (χ4v) is 5.92. The van der Waals surface area contributed by atoms with Gasteiger partial charge in [0.15, 0.2) is 17.5 Å². The lowest BCUT2D eigenvalue weighted by Gasteiger charge is -2.36. The molecule has 2 aliphatic rings. The average molecular weight is 501 g/mol. The second-order valence-electron chi connectivity index (χ2n) is 10.7. The highest BCUT2D eigenvalue weighted by atomic mass is 31.2. The highest BCUT2D eigenvalue weighted by Crippen LogP contribution is 2.54. The quantitative estimate of drug-likeness (QED) is 0.430. The first-order chi connectivity index (χ1) is 15.5. The second-order valence-corrected chi connectivity index (χ2v) is 12.7. The van der Waals surface area contributed by atoms with E-state index in [1.807, 2.05) is 20.8 Å². The molecule has 7 nitrogen and oxygen atoms in total. The summed E-state index contributed by atoms with van der Waals surface area (Å²) in [7, 11) is -4.29. The van der Waals surface area contributed by atoms with Crippen molar-refractivity contribution >= 4 is 30.3 Å². The Hall–Kier alpha value is -2.32. The lowest BCUT2D eigenvalue weighted by Crippen LogP contribution is -2.45. The van der Waals surface area contributed by atoms with Crippen molar-refractivity contribution in [3.05, 3.63) is 35.1 Å². The van der Waals surface area contributed by atoms with Gasteiger partial charge in [-0.15, -0.1) is 0 Å². The van der Waals surface area contributed by atoms with Gasteiger partial charge in [0.25, 0.3) is 5.91 Å². The van der Waals surface area contributed by atoms with Crippen molar-refractivity contribution < 1.29 is 32.3 Å². The molecule has 3 rings (SSSR count). The summed E-state index contributed by atoms with van der Waals surface area (Å²) in [5, 5.41) is 10.3. The number of benzene rings is 1. The highest BCUT2D eigenvalue weighted by molar-refractivity contribution is 7.66. The van der Waals surface area contributed by atoms with Gasteiger partial charge in [0.1, 0.15) is 17.0 Å². The zero-order valence-corrected chi connectivity index (χ0v) is 21.3.